The van der Waals surface area contributed by atoms with E-state index in [0.717, 1.165) is 0 Å². The molecule has 0 radical (unpaired) electrons. The van der Waals surface area contributed by atoms with E-state index in [1.807, 2.05) is 6.07 Å². The van der Waals surface area contributed by atoms with Gasteiger partial charge in [0, 0.05) is 6.54 Å². The predicted molar refractivity (Wildman–Crippen MR) is 100 cm³/mol. The van der Waals surface area contributed by atoms with E-state index in [4.69, 9.17) is 15.9 Å². The molecule has 0 heterocycles. The second-order valence-electron chi connectivity index (χ2n) is 5.41. The molecular formula is C19H23N3O5. The zero-order valence-corrected chi connectivity index (χ0v) is 14.8. The third-order valence-electron chi connectivity index (χ3n) is 3.42. The van der Waals surface area contributed by atoms with Crippen molar-refractivity contribution in [2.24, 2.45) is 5.73 Å². The van der Waals surface area contributed by atoms with Crippen molar-refractivity contribution in [3.05, 3.63) is 71.8 Å². The van der Waals surface area contributed by atoms with Crippen molar-refractivity contribution in [2.75, 3.05) is 6.54 Å². The van der Waals surface area contributed by atoms with Crippen LogP contribution in [0.5, 0.6) is 0 Å². The molecule has 0 bridgehead atoms. The standard InChI is InChI=1S/C11H14N2O3.C8H9NO2/c1-2-12-11(16)13-9(10(14)15)8-6-4-3-5-7-8;9-7(8(10)11)6-4-2-1-3-5-6/h3-7,9H,2H2,1H3,(H,14,15)(H2,12,13,16);1-5,7H,9H2,(H,10,11)/t9-;7-/m11/s1. The number of carboxylic acid groups (broad SMARTS) is 2. The van der Waals surface area contributed by atoms with Crippen molar-refractivity contribution in [2.45, 2.75) is 19.0 Å². The van der Waals surface area contributed by atoms with Crippen LogP contribution in [0.2, 0.25) is 0 Å². The summed E-state index contributed by atoms with van der Waals surface area (Å²) >= 11 is 0. The Bertz CT molecular complexity index is 738. The van der Waals surface area contributed by atoms with Crippen LogP contribution >= 0.6 is 0 Å². The maximum atomic E-state index is 11.2. The van der Waals surface area contributed by atoms with E-state index in [1.54, 1.807) is 61.5 Å². The molecule has 0 aliphatic carbocycles. The first-order chi connectivity index (χ1) is 12.9. The Morgan fingerprint density at radius 3 is 1.78 bits per heavy atom. The van der Waals surface area contributed by atoms with Crippen LogP contribution in [0.25, 0.3) is 0 Å². The van der Waals surface area contributed by atoms with Gasteiger partial charge in [-0.15, -0.1) is 0 Å². The number of nitrogens with two attached hydrogens (primary N) is 1. The zero-order chi connectivity index (χ0) is 20.2. The minimum atomic E-state index is -1.09. The number of urea groups is 1. The van der Waals surface area contributed by atoms with Crippen LogP contribution in [0.4, 0.5) is 4.79 Å². The number of benzene rings is 2. The molecule has 2 rings (SSSR count). The molecule has 6 N–H and O–H groups in total. The minimum absolute atomic E-state index is 0.451. The fourth-order valence-corrected chi connectivity index (χ4v) is 2.08. The number of hydrogen-bond acceptors (Lipinski definition) is 4. The molecule has 0 spiro atoms. The van der Waals surface area contributed by atoms with Gasteiger partial charge in [0.25, 0.3) is 0 Å². The van der Waals surface area contributed by atoms with Gasteiger partial charge in [0.05, 0.1) is 0 Å². The van der Waals surface area contributed by atoms with Gasteiger partial charge in [-0.3, -0.25) is 4.79 Å². The van der Waals surface area contributed by atoms with Gasteiger partial charge in [0.15, 0.2) is 6.04 Å². The van der Waals surface area contributed by atoms with Crippen LogP contribution in [-0.4, -0.2) is 34.7 Å². The van der Waals surface area contributed by atoms with Crippen LogP contribution in [-0.2, 0) is 9.59 Å². The van der Waals surface area contributed by atoms with Crippen molar-refractivity contribution in [1.29, 1.82) is 0 Å². The van der Waals surface area contributed by atoms with E-state index in [0.29, 0.717) is 17.7 Å². The Hall–Kier alpha value is -3.39. The number of carboxylic acids is 2. The van der Waals surface area contributed by atoms with E-state index in [1.165, 1.54) is 0 Å². The summed E-state index contributed by atoms with van der Waals surface area (Å²) in [5.74, 6) is -2.09. The fraction of sp³-hybridized carbons (Fsp3) is 0.211. The summed E-state index contributed by atoms with van der Waals surface area (Å²) in [6, 6.07) is 14.9. The zero-order valence-electron chi connectivity index (χ0n) is 14.8. The van der Waals surface area contributed by atoms with Gasteiger partial charge in [0.2, 0.25) is 0 Å². The van der Waals surface area contributed by atoms with Crippen molar-refractivity contribution in [3.63, 3.8) is 0 Å². The van der Waals surface area contributed by atoms with E-state index < -0.39 is 30.1 Å². The first kappa shape index (κ1) is 21.7. The first-order valence-corrected chi connectivity index (χ1v) is 8.22. The molecule has 0 fully saturated rings. The maximum absolute atomic E-state index is 11.2. The van der Waals surface area contributed by atoms with Gasteiger partial charge in [-0.1, -0.05) is 60.7 Å². The second kappa shape index (κ2) is 11.3. The number of amides is 2. The number of carbonyl (C=O) groups excluding carboxylic acids is 1. The lowest BCUT2D eigenvalue weighted by molar-refractivity contribution is -0.140. The Morgan fingerprint density at radius 2 is 1.37 bits per heavy atom. The van der Waals surface area contributed by atoms with Gasteiger partial charge in [-0.05, 0) is 18.1 Å². The van der Waals surface area contributed by atoms with Gasteiger partial charge < -0.3 is 26.6 Å². The van der Waals surface area contributed by atoms with E-state index in [2.05, 4.69) is 10.6 Å². The smallest absolute Gasteiger partial charge is 0.330 e. The molecule has 0 saturated heterocycles. The highest BCUT2D eigenvalue weighted by Crippen LogP contribution is 2.12. The van der Waals surface area contributed by atoms with Gasteiger partial charge in [0.1, 0.15) is 6.04 Å². The lowest BCUT2D eigenvalue weighted by Gasteiger charge is -2.14. The Labute approximate surface area is 157 Å². The topological polar surface area (TPSA) is 142 Å². The molecule has 144 valence electrons. The second-order valence-corrected chi connectivity index (χ2v) is 5.41. The Kier molecular flexibility index (Phi) is 9.04. The first-order valence-electron chi connectivity index (χ1n) is 8.22. The van der Waals surface area contributed by atoms with Crippen molar-refractivity contribution in [1.82, 2.24) is 10.6 Å². The summed E-state index contributed by atoms with van der Waals surface area (Å²) in [6.45, 7) is 2.21. The van der Waals surface area contributed by atoms with Gasteiger partial charge in [-0.25, -0.2) is 9.59 Å². The monoisotopic (exact) mass is 373 g/mol. The van der Waals surface area contributed by atoms with Gasteiger partial charge in [-0.2, -0.15) is 0 Å². The predicted octanol–water partition coefficient (Wildman–Crippen LogP) is 1.90. The molecule has 8 heteroatoms. The van der Waals surface area contributed by atoms with Crippen molar-refractivity contribution in [3.8, 4) is 0 Å². The average Bonchev–Trinajstić information content (AvgIpc) is 2.67. The normalized spacial score (nSPS) is 11.9. The largest absolute Gasteiger partial charge is 0.480 e. The third kappa shape index (κ3) is 7.57. The molecular weight excluding hydrogens is 350 g/mol. The molecule has 27 heavy (non-hydrogen) atoms. The summed E-state index contributed by atoms with van der Waals surface area (Å²) in [5.41, 5.74) is 6.51. The Balaban J connectivity index is 0.000000289. The average molecular weight is 373 g/mol. The number of nitrogens with one attached hydrogen (secondary N) is 2. The van der Waals surface area contributed by atoms with E-state index in [-0.39, 0.29) is 0 Å². The van der Waals surface area contributed by atoms with Gasteiger partial charge >= 0.3 is 18.0 Å². The summed E-state index contributed by atoms with van der Waals surface area (Å²) in [4.78, 5) is 32.6. The highest BCUT2D eigenvalue weighted by molar-refractivity contribution is 5.83. The fourth-order valence-electron chi connectivity index (χ4n) is 2.08. The summed E-state index contributed by atoms with van der Waals surface area (Å²) in [5, 5.41) is 22.4. The molecule has 0 aliphatic rings. The Morgan fingerprint density at radius 1 is 0.889 bits per heavy atom. The molecule has 0 saturated carbocycles. The lowest BCUT2D eigenvalue weighted by Crippen LogP contribution is -2.40. The highest BCUT2D eigenvalue weighted by atomic mass is 16.4. The minimum Gasteiger partial charge on any atom is -0.480 e. The highest BCUT2D eigenvalue weighted by Gasteiger charge is 2.21. The molecule has 0 unspecified atom stereocenters. The number of hydrogen-bond donors (Lipinski definition) is 5. The summed E-state index contributed by atoms with van der Waals surface area (Å²) in [6.07, 6.45) is 0. The summed E-state index contributed by atoms with van der Waals surface area (Å²) < 4.78 is 0. The molecule has 2 aromatic rings. The number of carbonyl (C=O) groups is 3. The van der Waals surface area contributed by atoms with E-state index in [9.17, 15) is 14.4 Å². The lowest BCUT2D eigenvalue weighted by atomic mass is 10.1. The number of aliphatic carboxylic acids is 2. The van der Waals surface area contributed by atoms with Crippen LogP contribution in [0.1, 0.15) is 30.1 Å². The SMILES string of the molecule is CCNC(=O)N[C@@H](C(=O)O)c1ccccc1.N[C@@H](C(=O)O)c1ccccc1. The maximum Gasteiger partial charge on any atom is 0.330 e. The van der Waals surface area contributed by atoms with Crippen LogP contribution in [0.15, 0.2) is 60.7 Å². The van der Waals surface area contributed by atoms with Crippen molar-refractivity contribution < 1.29 is 24.6 Å². The number of rotatable bonds is 6. The van der Waals surface area contributed by atoms with E-state index >= 15 is 0 Å². The summed E-state index contributed by atoms with van der Waals surface area (Å²) in [7, 11) is 0. The molecule has 8 nitrogen and oxygen atoms in total. The molecule has 2 atom stereocenters. The molecule has 2 aromatic carbocycles. The van der Waals surface area contributed by atoms with Crippen LogP contribution < -0.4 is 16.4 Å². The third-order valence-corrected chi connectivity index (χ3v) is 3.42. The quantitative estimate of drug-likeness (QED) is 0.523. The van der Waals surface area contributed by atoms with Crippen molar-refractivity contribution >= 4 is 18.0 Å². The molecule has 2 amide bonds. The molecule has 0 aliphatic heterocycles. The molecule has 0 aromatic heterocycles. The van der Waals surface area contributed by atoms with Crippen LogP contribution in [0.3, 0.4) is 0 Å². The van der Waals surface area contributed by atoms with Crippen LogP contribution in [0, 0.1) is 0 Å².